The molecule has 0 spiro atoms. The molecule has 0 aliphatic carbocycles. The number of nitrogens with zero attached hydrogens (tertiary/aromatic N) is 3. The number of amides is 1. The third kappa shape index (κ3) is 4.37. The quantitative estimate of drug-likeness (QED) is 0.269. The number of carbonyl (C=O) groups excluding carboxylic acids is 1. The minimum Gasteiger partial charge on any atom is -0.352 e. The maximum atomic E-state index is 12.7. The molecular formula is C26H25N5OS. The highest BCUT2D eigenvalue weighted by atomic mass is 32.1. The van der Waals surface area contributed by atoms with Gasteiger partial charge in [0.2, 0.25) is 0 Å². The Balaban J connectivity index is 1.27. The van der Waals surface area contributed by atoms with Crippen LogP contribution < -0.4 is 5.32 Å². The van der Waals surface area contributed by atoms with Crippen LogP contribution in [0.25, 0.3) is 27.6 Å². The Morgan fingerprint density at radius 2 is 1.88 bits per heavy atom. The van der Waals surface area contributed by atoms with Crippen LogP contribution in [0.5, 0.6) is 0 Å². The molecule has 0 bridgehead atoms. The predicted molar refractivity (Wildman–Crippen MR) is 135 cm³/mol. The van der Waals surface area contributed by atoms with E-state index in [2.05, 4.69) is 46.5 Å². The van der Waals surface area contributed by atoms with Gasteiger partial charge in [0.15, 0.2) is 4.77 Å². The summed E-state index contributed by atoms with van der Waals surface area (Å²) < 4.78 is 2.50. The number of aromatic amines is 1. The lowest BCUT2D eigenvalue weighted by atomic mass is 10.1. The highest BCUT2D eigenvalue weighted by Gasteiger charge is 2.12. The van der Waals surface area contributed by atoms with E-state index in [0.29, 0.717) is 16.9 Å². The first-order valence-electron chi connectivity index (χ1n) is 11.0. The van der Waals surface area contributed by atoms with Crippen molar-refractivity contribution in [3.8, 4) is 0 Å². The van der Waals surface area contributed by atoms with Gasteiger partial charge >= 0.3 is 0 Å². The maximum absolute atomic E-state index is 12.7. The molecule has 166 valence electrons. The molecule has 7 heteroatoms. The number of hydrogen-bond donors (Lipinski definition) is 2. The standard InChI is InChI=1S/C26H25N5OS/c1-30(17-18-8-3-2-4-9-18)15-7-14-27-25(32)19-12-13-20-22(16-19)29-26(33)31-23-11-6-5-10-21(23)28-24(20)31/h2-6,8-13,16H,7,14-15,17H2,1H3,(H,27,32)(H,29,33). The molecular weight excluding hydrogens is 430 g/mol. The molecule has 33 heavy (non-hydrogen) atoms. The Bertz CT molecular complexity index is 1510. The number of benzene rings is 3. The molecule has 0 saturated carbocycles. The second kappa shape index (κ2) is 9.13. The number of carbonyl (C=O) groups is 1. The van der Waals surface area contributed by atoms with Gasteiger partial charge in [-0.25, -0.2) is 4.98 Å². The molecule has 5 aromatic rings. The summed E-state index contributed by atoms with van der Waals surface area (Å²) in [6, 6.07) is 23.9. The van der Waals surface area contributed by atoms with Crippen molar-refractivity contribution in [3.05, 3.63) is 88.7 Å². The second-order valence-corrected chi connectivity index (χ2v) is 8.67. The van der Waals surface area contributed by atoms with Gasteiger partial charge in [0.05, 0.1) is 16.6 Å². The van der Waals surface area contributed by atoms with Crippen LogP contribution in [-0.4, -0.2) is 45.3 Å². The minimum absolute atomic E-state index is 0.0877. The first-order chi connectivity index (χ1) is 16.1. The fourth-order valence-electron chi connectivity index (χ4n) is 4.19. The van der Waals surface area contributed by atoms with Gasteiger partial charge in [-0.1, -0.05) is 42.5 Å². The zero-order valence-corrected chi connectivity index (χ0v) is 19.2. The lowest BCUT2D eigenvalue weighted by molar-refractivity contribution is 0.0952. The molecule has 0 saturated heterocycles. The summed E-state index contributed by atoms with van der Waals surface area (Å²) in [6.07, 6.45) is 0.881. The molecule has 0 fully saturated rings. The molecule has 3 aromatic carbocycles. The number of aromatic nitrogens is 3. The summed E-state index contributed by atoms with van der Waals surface area (Å²) in [4.78, 5) is 23.0. The van der Waals surface area contributed by atoms with Crippen LogP contribution in [0.2, 0.25) is 0 Å². The van der Waals surface area contributed by atoms with E-state index in [1.807, 2.05) is 52.9 Å². The van der Waals surface area contributed by atoms with Gasteiger partial charge in [-0.15, -0.1) is 0 Å². The second-order valence-electron chi connectivity index (χ2n) is 8.28. The zero-order valence-electron chi connectivity index (χ0n) is 18.4. The number of fused-ring (bicyclic) bond motifs is 5. The van der Waals surface area contributed by atoms with Gasteiger partial charge in [0.25, 0.3) is 5.91 Å². The monoisotopic (exact) mass is 455 g/mol. The normalized spacial score (nSPS) is 11.6. The van der Waals surface area contributed by atoms with Crippen molar-refractivity contribution >= 4 is 45.7 Å². The average molecular weight is 456 g/mol. The molecule has 0 aliphatic heterocycles. The van der Waals surface area contributed by atoms with Crippen LogP contribution in [0.3, 0.4) is 0 Å². The van der Waals surface area contributed by atoms with Crippen molar-refractivity contribution in [2.45, 2.75) is 13.0 Å². The van der Waals surface area contributed by atoms with Gasteiger partial charge in [0, 0.05) is 24.0 Å². The Morgan fingerprint density at radius 3 is 2.73 bits per heavy atom. The summed E-state index contributed by atoms with van der Waals surface area (Å²) in [5, 5.41) is 3.96. The van der Waals surface area contributed by atoms with Gasteiger partial charge in [-0.3, -0.25) is 9.20 Å². The SMILES string of the molecule is CN(CCCNC(=O)c1ccc2c(c1)[nH]c(=S)n1c3ccccc3nc21)Cc1ccccc1. The van der Waals surface area contributed by atoms with Gasteiger partial charge < -0.3 is 15.2 Å². The van der Waals surface area contributed by atoms with E-state index in [-0.39, 0.29) is 5.91 Å². The van der Waals surface area contributed by atoms with Crippen molar-refractivity contribution in [2.75, 3.05) is 20.1 Å². The molecule has 5 rings (SSSR count). The van der Waals surface area contributed by atoms with E-state index in [1.54, 1.807) is 0 Å². The van der Waals surface area contributed by atoms with Crippen molar-refractivity contribution in [1.82, 2.24) is 24.6 Å². The summed E-state index contributed by atoms with van der Waals surface area (Å²) in [7, 11) is 2.10. The molecule has 2 N–H and O–H groups in total. The van der Waals surface area contributed by atoms with E-state index < -0.39 is 0 Å². The molecule has 0 aliphatic rings. The number of rotatable bonds is 7. The van der Waals surface area contributed by atoms with Crippen molar-refractivity contribution in [3.63, 3.8) is 0 Å². The smallest absolute Gasteiger partial charge is 0.251 e. The molecule has 2 heterocycles. The lowest BCUT2D eigenvalue weighted by Gasteiger charge is -2.16. The van der Waals surface area contributed by atoms with Crippen LogP contribution in [0, 0.1) is 4.77 Å². The van der Waals surface area contributed by atoms with Crippen molar-refractivity contribution < 1.29 is 4.79 Å². The molecule has 2 aromatic heterocycles. The van der Waals surface area contributed by atoms with Crippen LogP contribution in [0.1, 0.15) is 22.3 Å². The van der Waals surface area contributed by atoms with E-state index in [4.69, 9.17) is 17.2 Å². The number of para-hydroxylation sites is 2. The van der Waals surface area contributed by atoms with Crippen molar-refractivity contribution in [1.29, 1.82) is 0 Å². The third-order valence-electron chi connectivity index (χ3n) is 5.83. The Kier molecular flexibility index (Phi) is 5.90. The van der Waals surface area contributed by atoms with Crippen LogP contribution in [0.4, 0.5) is 0 Å². The molecule has 0 radical (unpaired) electrons. The number of nitrogens with one attached hydrogen (secondary N) is 2. The third-order valence-corrected chi connectivity index (χ3v) is 6.11. The van der Waals surface area contributed by atoms with Gasteiger partial charge in [0.1, 0.15) is 5.65 Å². The maximum Gasteiger partial charge on any atom is 0.251 e. The van der Waals surface area contributed by atoms with Crippen LogP contribution >= 0.6 is 12.2 Å². The summed E-state index contributed by atoms with van der Waals surface area (Å²) in [5.74, 6) is -0.0877. The van der Waals surface area contributed by atoms with Crippen LogP contribution in [0.15, 0.2) is 72.8 Å². The fraction of sp³-hybridized carbons (Fsp3) is 0.192. The first kappa shape index (κ1) is 21.3. The average Bonchev–Trinajstić information content (AvgIpc) is 3.22. The van der Waals surface area contributed by atoms with E-state index >= 15 is 0 Å². The number of H-pyrrole nitrogens is 1. The van der Waals surface area contributed by atoms with Crippen LogP contribution in [-0.2, 0) is 6.54 Å². The summed E-state index contributed by atoms with van der Waals surface area (Å²) in [6.45, 7) is 2.43. The lowest BCUT2D eigenvalue weighted by Crippen LogP contribution is -2.28. The van der Waals surface area contributed by atoms with E-state index in [9.17, 15) is 4.79 Å². The minimum atomic E-state index is -0.0877. The first-order valence-corrected chi connectivity index (χ1v) is 11.4. The predicted octanol–water partition coefficient (Wildman–Crippen LogP) is 4.95. The molecule has 0 atom stereocenters. The highest BCUT2D eigenvalue weighted by Crippen LogP contribution is 2.24. The molecule has 0 unspecified atom stereocenters. The Labute approximate surface area is 196 Å². The van der Waals surface area contributed by atoms with Gasteiger partial charge in [-0.05, 0) is 68.1 Å². The fourth-order valence-corrected chi connectivity index (χ4v) is 4.49. The summed E-state index contributed by atoms with van der Waals surface area (Å²) in [5.41, 5.74) is 5.35. The molecule has 6 nitrogen and oxygen atoms in total. The molecule has 1 amide bonds. The summed E-state index contributed by atoms with van der Waals surface area (Å²) >= 11 is 5.59. The zero-order chi connectivity index (χ0) is 22.8. The van der Waals surface area contributed by atoms with E-state index in [1.165, 1.54) is 5.56 Å². The van der Waals surface area contributed by atoms with Gasteiger partial charge in [-0.2, -0.15) is 0 Å². The largest absolute Gasteiger partial charge is 0.352 e. The number of imidazole rings is 1. The number of hydrogen-bond acceptors (Lipinski definition) is 4. The van der Waals surface area contributed by atoms with Crippen molar-refractivity contribution in [2.24, 2.45) is 0 Å². The Morgan fingerprint density at radius 1 is 1.09 bits per heavy atom. The topological polar surface area (TPSA) is 65.4 Å². The Hall–Kier alpha value is -3.55. The van der Waals surface area contributed by atoms with E-state index in [0.717, 1.165) is 47.1 Å². The highest BCUT2D eigenvalue weighted by molar-refractivity contribution is 7.71.